The fourth-order valence-corrected chi connectivity index (χ4v) is 4.10. The summed E-state index contributed by atoms with van der Waals surface area (Å²) in [5.74, 6) is -0.171. The van der Waals surface area contributed by atoms with Crippen molar-refractivity contribution in [2.75, 3.05) is 13.7 Å². The molecule has 0 radical (unpaired) electrons. The number of nitrogens with zero attached hydrogens (tertiary/aromatic N) is 5. The highest BCUT2D eigenvalue weighted by molar-refractivity contribution is 5.99. The van der Waals surface area contributed by atoms with Crippen molar-refractivity contribution in [1.82, 2.24) is 9.91 Å². The van der Waals surface area contributed by atoms with Gasteiger partial charge in [-0.05, 0) is 41.8 Å². The van der Waals surface area contributed by atoms with Crippen LogP contribution in [0.25, 0.3) is 0 Å². The van der Waals surface area contributed by atoms with Crippen LogP contribution >= 0.6 is 0 Å². The zero-order valence-electron chi connectivity index (χ0n) is 19.6. The molecule has 0 unspecified atom stereocenters. The van der Waals surface area contributed by atoms with Gasteiger partial charge in [0.25, 0.3) is 11.6 Å². The molecular formula is C25H23N5O6. The molecule has 0 aliphatic carbocycles. The van der Waals surface area contributed by atoms with E-state index in [4.69, 9.17) is 4.74 Å². The van der Waals surface area contributed by atoms with E-state index < -0.39 is 16.0 Å². The molecule has 1 aliphatic heterocycles. The molecule has 0 saturated carbocycles. The van der Waals surface area contributed by atoms with Crippen LogP contribution in [0.5, 0.6) is 5.75 Å². The van der Waals surface area contributed by atoms with Crippen LogP contribution in [-0.2, 0) is 11.3 Å². The maximum atomic E-state index is 13.1. The minimum atomic E-state index is -0.713. The number of hydrogen-bond acceptors (Lipinski definition) is 8. The quantitative estimate of drug-likeness (QED) is 0.262. The van der Waals surface area contributed by atoms with Crippen molar-refractivity contribution < 1.29 is 19.4 Å². The molecule has 36 heavy (non-hydrogen) atoms. The molecule has 0 bridgehead atoms. The third-order valence-corrected chi connectivity index (χ3v) is 5.85. The minimum Gasteiger partial charge on any atom is -0.490 e. The number of methoxy groups -OCH3 is 1. The second-order valence-electron chi connectivity index (χ2n) is 8.18. The molecular weight excluding hydrogens is 466 g/mol. The summed E-state index contributed by atoms with van der Waals surface area (Å²) in [7, 11) is 1.35. The summed E-state index contributed by atoms with van der Waals surface area (Å²) in [6.45, 7) is 2.16. The minimum absolute atomic E-state index is 0.0520. The largest absolute Gasteiger partial charge is 0.490 e. The Morgan fingerprint density at radius 1 is 1.03 bits per heavy atom. The predicted molar refractivity (Wildman–Crippen MR) is 131 cm³/mol. The molecule has 3 aromatic rings. The maximum absolute atomic E-state index is 13.1. The molecule has 184 valence electrons. The average Bonchev–Trinajstić information content (AvgIpc) is 3.18. The van der Waals surface area contributed by atoms with Crippen LogP contribution < -0.4 is 4.74 Å². The molecule has 0 N–H and O–H groups in total. The molecule has 0 spiro atoms. The van der Waals surface area contributed by atoms with Gasteiger partial charge in [0.05, 0.1) is 29.2 Å². The zero-order valence-corrected chi connectivity index (χ0v) is 19.6. The highest BCUT2D eigenvalue weighted by atomic mass is 16.6. The summed E-state index contributed by atoms with van der Waals surface area (Å²) in [6, 6.07) is 20.0. The lowest BCUT2D eigenvalue weighted by Crippen LogP contribution is -2.29. The molecule has 1 saturated heterocycles. The van der Waals surface area contributed by atoms with Crippen molar-refractivity contribution in [2.45, 2.75) is 19.6 Å². The Morgan fingerprint density at radius 2 is 1.72 bits per heavy atom. The van der Waals surface area contributed by atoms with Gasteiger partial charge < -0.3 is 4.74 Å². The number of carbonyl (C=O) groups is 1. The van der Waals surface area contributed by atoms with Gasteiger partial charge in [-0.15, -0.1) is 0 Å². The van der Waals surface area contributed by atoms with Crippen molar-refractivity contribution in [1.29, 1.82) is 0 Å². The Hall–Kier alpha value is -4.64. The lowest BCUT2D eigenvalue weighted by Gasteiger charge is -2.28. The number of hydrazone groups is 1. The van der Waals surface area contributed by atoms with E-state index in [1.807, 2.05) is 35.2 Å². The second kappa shape index (κ2) is 10.3. The third kappa shape index (κ3) is 5.05. The first kappa shape index (κ1) is 24.5. The number of amides is 1. The highest BCUT2D eigenvalue weighted by Crippen LogP contribution is 2.37. The fraction of sp³-hybridized carbons (Fsp3) is 0.200. The van der Waals surface area contributed by atoms with E-state index in [0.29, 0.717) is 23.4 Å². The Labute approximate surface area is 206 Å². The maximum Gasteiger partial charge on any atom is 0.311 e. The van der Waals surface area contributed by atoms with E-state index in [2.05, 4.69) is 5.10 Å². The molecule has 11 heteroatoms. The molecule has 1 aliphatic rings. The topological polar surface area (TPSA) is 131 Å². The summed E-state index contributed by atoms with van der Waals surface area (Å²) in [5.41, 5.74) is 2.27. The van der Waals surface area contributed by atoms with Crippen molar-refractivity contribution in [3.63, 3.8) is 0 Å². The summed E-state index contributed by atoms with van der Waals surface area (Å²) in [4.78, 5) is 36.6. The number of benzene rings is 3. The summed E-state index contributed by atoms with van der Waals surface area (Å²) in [6.07, 6.45) is -0.713. The van der Waals surface area contributed by atoms with Gasteiger partial charge in [-0.1, -0.05) is 36.4 Å². The molecule has 4 rings (SSSR count). The van der Waals surface area contributed by atoms with Gasteiger partial charge in [0.2, 0.25) is 0 Å². The normalized spacial score (nSPS) is 16.3. The monoisotopic (exact) mass is 489 g/mol. The number of hydrogen-bond donors (Lipinski definition) is 0. The van der Waals surface area contributed by atoms with Gasteiger partial charge in [-0.2, -0.15) is 5.10 Å². The third-order valence-electron chi connectivity index (χ3n) is 5.85. The van der Waals surface area contributed by atoms with Gasteiger partial charge >= 0.3 is 5.69 Å². The van der Waals surface area contributed by atoms with Crippen LogP contribution in [0.15, 0.2) is 77.9 Å². The number of nitro groups is 2. The first-order valence-electron chi connectivity index (χ1n) is 11.0. The van der Waals surface area contributed by atoms with Crippen LogP contribution in [0.4, 0.5) is 11.4 Å². The van der Waals surface area contributed by atoms with Crippen LogP contribution in [0.2, 0.25) is 0 Å². The van der Waals surface area contributed by atoms with Crippen LogP contribution in [0.3, 0.4) is 0 Å². The highest BCUT2D eigenvalue weighted by Gasteiger charge is 2.40. The van der Waals surface area contributed by atoms with E-state index in [1.54, 1.807) is 25.1 Å². The first-order chi connectivity index (χ1) is 17.3. The van der Waals surface area contributed by atoms with E-state index in [-0.39, 0.29) is 29.6 Å². The molecule has 1 fully saturated rings. The van der Waals surface area contributed by atoms with E-state index in [0.717, 1.165) is 5.56 Å². The number of nitro benzene ring substituents is 2. The second-order valence-corrected chi connectivity index (χ2v) is 8.18. The summed E-state index contributed by atoms with van der Waals surface area (Å²) < 4.78 is 5.13. The summed E-state index contributed by atoms with van der Waals surface area (Å²) >= 11 is 0. The van der Waals surface area contributed by atoms with Gasteiger partial charge in [0, 0.05) is 24.7 Å². The fourth-order valence-electron chi connectivity index (χ4n) is 4.10. The predicted octanol–water partition coefficient (Wildman–Crippen LogP) is 4.28. The van der Waals surface area contributed by atoms with Gasteiger partial charge in [-0.3, -0.25) is 29.9 Å². The van der Waals surface area contributed by atoms with Crippen molar-refractivity contribution >= 4 is 23.0 Å². The van der Waals surface area contributed by atoms with Gasteiger partial charge in [-0.25, -0.2) is 5.01 Å². The smallest absolute Gasteiger partial charge is 0.311 e. The molecule has 1 amide bonds. The standard InChI is InChI=1S/C25H23N5O6/c1-17(19-8-11-21(12-9-19)29(32)33)26-28-24(31)16-27(15-18-6-4-3-5-7-18)25(28)20-10-13-23(36-2)22(14-20)30(34)35/h3-14,25H,15-16H2,1-2H3/b26-17-/t25-/m0/s1. The van der Waals surface area contributed by atoms with Gasteiger partial charge in [0.1, 0.15) is 6.17 Å². The molecule has 1 heterocycles. The number of non-ortho nitro benzene ring substituents is 1. The Kier molecular flexibility index (Phi) is 7.02. The average molecular weight is 489 g/mol. The van der Waals surface area contributed by atoms with Crippen molar-refractivity contribution in [2.24, 2.45) is 5.10 Å². The van der Waals surface area contributed by atoms with Crippen molar-refractivity contribution in [3.8, 4) is 5.75 Å². The zero-order chi connectivity index (χ0) is 25.8. The SMILES string of the molecule is COc1ccc([C@H]2N(Cc3ccccc3)CC(=O)N2/N=C(/C)c2ccc([N+](=O)[O-])cc2)cc1[N+](=O)[O-]. The van der Waals surface area contributed by atoms with Crippen molar-refractivity contribution in [3.05, 3.63) is 110 Å². The first-order valence-corrected chi connectivity index (χ1v) is 11.0. The lowest BCUT2D eigenvalue weighted by atomic mass is 10.1. The van der Waals surface area contributed by atoms with Crippen LogP contribution in [-0.4, -0.2) is 45.0 Å². The Morgan fingerprint density at radius 3 is 2.33 bits per heavy atom. The molecule has 11 nitrogen and oxygen atoms in total. The Balaban J connectivity index is 1.75. The number of ether oxygens (including phenoxy) is 1. The van der Waals surface area contributed by atoms with Crippen LogP contribution in [0.1, 0.15) is 29.8 Å². The lowest BCUT2D eigenvalue weighted by molar-refractivity contribution is -0.385. The Bertz CT molecular complexity index is 1330. The molecule has 3 aromatic carbocycles. The van der Waals surface area contributed by atoms with E-state index >= 15 is 0 Å². The molecule has 1 atom stereocenters. The van der Waals surface area contributed by atoms with E-state index in [1.165, 1.54) is 36.4 Å². The summed E-state index contributed by atoms with van der Waals surface area (Å²) in [5, 5.41) is 28.5. The van der Waals surface area contributed by atoms with Gasteiger partial charge in [0.15, 0.2) is 5.75 Å². The molecule has 0 aromatic heterocycles. The van der Waals surface area contributed by atoms with E-state index in [9.17, 15) is 25.0 Å². The van der Waals surface area contributed by atoms with Crippen LogP contribution in [0, 0.1) is 20.2 Å². The number of rotatable bonds is 8. The number of carbonyl (C=O) groups excluding carboxylic acids is 1.